The van der Waals surface area contributed by atoms with Crippen molar-refractivity contribution in [1.29, 1.82) is 0 Å². The van der Waals surface area contributed by atoms with Crippen LogP contribution in [0.15, 0.2) is 96.2 Å². The topological polar surface area (TPSA) is 83.2 Å². The first-order valence-electron chi connectivity index (χ1n) is 12.6. The maximum Gasteiger partial charge on any atom is 0.257 e. The zero-order chi connectivity index (χ0) is 26.5. The minimum atomic E-state index is -0.348. The molecule has 8 nitrogen and oxygen atoms in total. The first-order valence-corrected chi connectivity index (χ1v) is 12.6. The number of aromatic nitrogens is 2. The number of aliphatic hydroxyl groups is 1. The molecule has 0 bridgehead atoms. The molecule has 0 fully saturated rings. The molecule has 194 valence electrons. The molecule has 0 saturated heterocycles. The van der Waals surface area contributed by atoms with Crippen LogP contribution in [0.1, 0.15) is 23.6 Å². The van der Waals surface area contributed by atoms with Gasteiger partial charge in [0.2, 0.25) is 0 Å². The Bertz CT molecular complexity index is 1420. The highest BCUT2D eigenvalue weighted by Crippen LogP contribution is 2.38. The number of methoxy groups -OCH3 is 1. The van der Waals surface area contributed by atoms with Gasteiger partial charge in [-0.25, -0.2) is 9.69 Å². The summed E-state index contributed by atoms with van der Waals surface area (Å²) in [6, 6.07) is 27.3. The number of aliphatic hydroxyl groups excluding tert-OH is 1. The molecule has 0 saturated carbocycles. The van der Waals surface area contributed by atoms with E-state index in [1.165, 1.54) is 0 Å². The van der Waals surface area contributed by atoms with Crippen molar-refractivity contribution in [3.8, 4) is 22.7 Å². The van der Waals surface area contributed by atoms with Crippen LogP contribution >= 0.6 is 0 Å². The van der Waals surface area contributed by atoms with Gasteiger partial charge in [-0.15, -0.1) is 0 Å². The van der Waals surface area contributed by atoms with E-state index < -0.39 is 0 Å². The number of hydrogen-bond acceptors (Lipinski definition) is 6. The summed E-state index contributed by atoms with van der Waals surface area (Å²) in [7, 11) is 3.45. The van der Waals surface area contributed by atoms with Crippen molar-refractivity contribution in [2.24, 2.45) is 5.10 Å². The number of benzene rings is 3. The van der Waals surface area contributed by atoms with Gasteiger partial charge in [0.05, 0.1) is 43.4 Å². The third-order valence-corrected chi connectivity index (χ3v) is 6.63. The second-order valence-corrected chi connectivity index (χ2v) is 9.28. The lowest BCUT2D eigenvalue weighted by Gasteiger charge is -2.24. The van der Waals surface area contributed by atoms with Gasteiger partial charge in [-0.1, -0.05) is 60.7 Å². The highest BCUT2D eigenvalue weighted by Gasteiger charge is 2.36. The van der Waals surface area contributed by atoms with Crippen LogP contribution in [0, 0.1) is 0 Å². The fourth-order valence-corrected chi connectivity index (χ4v) is 4.68. The Kier molecular flexibility index (Phi) is 7.62. The van der Waals surface area contributed by atoms with Gasteiger partial charge in [0.1, 0.15) is 5.75 Å². The molecule has 1 aromatic heterocycles. The van der Waals surface area contributed by atoms with Crippen molar-refractivity contribution in [1.82, 2.24) is 19.7 Å². The Morgan fingerprint density at radius 3 is 2.45 bits per heavy atom. The minimum absolute atomic E-state index is 0.0203. The molecule has 38 heavy (non-hydrogen) atoms. The highest BCUT2D eigenvalue weighted by atomic mass is 16.5. The predicted octanol–water partition coefficient (Wildman–Crippen LogP) is 4.15. The highest BCUT2D eigenvalue weighted by molar-refractivity contribution is 6.03. The summed E-state index contributed by atoms with van der Waals surface area (Å²) < 4.78 is 7.29. The first-order chi connectivity index (χ1) is 18.6. The van der Waals surface area contributed by atoms with Gasteiger partial charge in [-0.05, 0) is 31.3 Å². The van der Waals surface area contributed by atoms with Crippen LogP contribution in [0.3, 0.4) is 0 Å². The average Bonchev–Trinajstić information content (AvgIpc) is 3.60. The van der Waals surface area contributed by atoms with E-state index in [0.29, 0.717) is 13.0 Å². The molecule has 1 atom stereocenters. The Hall–Kier alpha value is -4.27. The molecular weight excluding hydrogens is 478 g/mol. The minimum Gasteiger partial charge on any atom is -0.497 e. The lowest BCUT2D eigenvalue weighted by Crippen LogP contribution is -2.37. The molecule has 3 aromatic carbocycles. The Morgan fingerprint density at radius 2 is 1.74 bits per heavy atom. The Labute approximate surface area is 222 Å². The predicted molar refractivity (Wildman–Crippen MR) is 147 cm³/mol. The Balaban J connectivity index is 1.59. The second-order valence-electron chi connectivity index (χ2n) is 9.28. The zero-order valence-electron chi connectivity index (χ0n) is 21.6. The van der Waals surface area contributed by atoms with Gasteiger partial charge in [0.25, 0.3) is 5.91 Å². The summed E-state index contributed by atoms with van der Waals surface area (Å²) in [4.78, 5) is 15.4. The zero-order valence-corrected chi connectivity index (χ0v) is 21.6. The third-order valence-electron chi connectivity index (χ3n) is 6.63. The Morgan fingerprint density at radius 1 is 1.03 bits per heavy atom. The summed E-state index contributed by atoms with van der Waals surface area (Å²) in [5, 5.41) is 20.7. The van der Waals surface area contributed by atoms with Crippen LogP contribution < -0.4 is 4.74 Å². The molecule has 1 aliphatic heterocycles. The largest absolute Gasteiger partial charge is 0.497 e. The fraction of sp³-hybridized carbons (Fsp3) is 0.233. The van der Waals surface area contributed by atoms with Crippen LogP contribution in [0.4, 0.5) is 0 Å². The number of amides is 1. The molecule has 0 radical (unpaired) electrons. The van der Waals surface area contributed by atoms with E-state index in [1.807, 2.05) is 103 Å². The van der Waals surface area contributed by atoms with E-state index in [9.17, 15) is 9.90 Å². The van der Waals surface area contributed by atoms with E-state index in [4.69, 9.17) is 14.9 Å². The van der Waals surface area contributed by atoms with Gasteiger partial charge < -0.3 is 9.84 Å². The van der Waals surface area contributed by atoms with Crippen LogP contribution in [0.25, 0.3) is 16.9 Å². The van der Waals surface area contributed by atoms with Crippen LogP contribution in [-0.2, 0) is 4.79 Å². The summed E-state index contributed by atoms with van der Waals surface area (Å²) in [6.45, 7) is 0.519. The molecule has 8 heteroatoms. The number of ether oxygens (including phenoxy) is 1. The summed E-state index contributed by atoms with van der Waals surface area (Å²) >= 11 is 0. The van der Waals surface area contributed by atoms with E-state index in [1.54, 1.807) is 17.0 Å². The number of nitrogens with zero attached hydrogens (tertiary/aromatic N) is 5. The van der Waals surface area contributed by atoms with Gasteiger partial charge in [0, 0.05) is 35.9 Å². The average molecular weight is 510 g/mol. The third kappa shape index (κ3) is 5.37. The van der Waals surface area contributed by atoms with E-state index in [-0.39, 0.29) is 25.1 Å². The summed E-state index contributed by atoms with van der Waals surface area (Å²) in [6.07, 6.45) is 2.53. The molecule has 0 spiro atoms. The normalized spacial score (nSPS) is 15.1. The maximum atomic E-state index is 13.6. The molecular formula is C30H31N5O3. The van der Waals surface area contributed by atoms with Crippen molar-refractivity contribution in [3.63, 3.8) is 0 Å². The molecule has 4 aromatic rings. The monoisotopic (exact) mass is 509 g/mol. The van der Waals surface area contributed by atoms with E-state index >= 15 is 0 Å². The van der Waals surface area contributed by atoms with Gasteiger partial charge in [-0.3, -0.25) is 9.69 Å². The number of hydrogen-bond donors (Lipinski definition) is 1. The van der Waals surface area contributed by atoms with Crippen molar-refractivity contribution in [2.75, 3.05) is 33.9 Å². The van der Waals surface area contributed by atoms with Crippen molar-refractivity contribution in [3.05, 3.63) is 102 Å². The van der Waals surface area contributed by atoms with Crippen LogP contribution in [0.2, 0.25) is 0 Å². The number of carbonyl (C=O) groups is 1. The fourth-order valence-electron chi connectivity index (χ4n) is 4.68. The molecule has 1 amide bonds. The lowest BCUT2D eigenvalue weighted by molar-refractivity contribution is -0.134. The first kappa shape index (κ1) is 25.4. The molecule has 1 aliphatic rings. The number of hydrazone groups is 1. The summed E-state index contributed by atoms with van der Waals surface area (Å²) in [5.41, 5.74) is 5.34. The number of rotatable bonds is 9. The molecule has 5 rings (SSSR count). The van der Waals surface area contributed by atoms with Crippen molar-refractivity contribution in [2.45, 2.75) is 12.5 Å². The van der Waals surface area contributed by atoms with Gasteiger partial charge >= 0.3 is 0 Å². The summed E-state index contributed by atoms with van der Waals surface area (Å²) in [5.74, 6) is 0.589. The number of para-hydroxylation sites is 1. The SMILES string of the molecule is COc1cccc(C2=NN(C(=O)CN(C)CCO)[C@@H](c3cn(-c4ccccc4)nc3-c3ccccc3)C2)c1. The van der Waals surface area contributed by atoms with E-state index in [2.05, 4.69) is 0 Å². The van der Waals surface area contributed by atoms with Gasteiger partial charge in [-0.2, -0.15) is 10.2 Å². The second kappa shape index (κ2) is 11.4. The van der Waals surface area contributed by atoms with Crippen molar-refractivity contribution >= 4 is 11.6 Å². The number of carbonyl (C=O) groups excluding carboxylic acids is 1. The molecule has 2 heterocycles. The van der Waals surface area contributed by atoms with Gasteiger partial charge in [0.15, 0.2) is 0 Å². The number of likely N-dealkylation sites (N-methyl/N-ethyl adjacent to an activating group) is 1. The smallest absolute Gasteiger partial charge is 0.257 e. The maximum absolute atomic E-state index is 13.6. The van der Waals surface area contributed by atoms with E-state index in [0.717, 1.165) is 39.5 Å². The van der Waals surface area contributed by atoms with Crippen molar-refractivity contribution < 1.29 is 14.6 Å². The quantitative estimate of drug-likeness (QED) is 0.367. The molecule has 0 aliphatic carbocycles. The molecule has 1 N–H and O–H groups in total. The van der Waals surface area contributed by atoms with Crippen LogP contribution in [-0.4, -0.2) is 70.3 Å². The standard InChI is InChI=1S/C30H31N5O3/c1-33(16-17-36)21-29(37)35-28(19-27(31-35)23-12-9-15-25(18-23)38-2)26-20-34(24-13-7-4-8-14-24)32-30(26)22-10-5-3-6-11-22/h3-15,18,20,28,36H,16-17,19,21H2,1-2H3/t28-/m1/s1. The lowest BCUT2D eigenvalue weighted by atomic mass is 9.96. The molecule has 0 unspecified atom stereocenters. The van der Waals surface area contributed by atoms with Crippen LogP contribution in [0.5, 0.6) is 5.75 Å².